The number of carbonyl (C=O) groups excluding carboxylic acids is 3. The first-order valence-electron chi connectivity index (χ1n) is 16.2. The Morgan fingerprint density at radius 1 is 1.00 bits per heavy atom. The maximum absolute atomic E-state index is 13.8. The van der Waals surface area contributed by atoms with E-state index in [1.165, 1.54) is 0 Å². The van der Waals surface area contributed by atoms with Crippen LogP contribution in [0.1, 0.15) is 81.0 Å². The molecule has 2 aromatic carbocycles. The fraction of sp³-hybridized carbons (Fsp3) is 0.417. The van der Waals surface area contributed by atoms with Crippen LogP contribution in [0, 0.1) is 13.8 Å². The van der Waals surface area contributed by atoms with Gasteiger partial charge in [0.1, 0.15) is 0 Å². The van der Waals surface area contributed by atoms with E-state index < -0.39 is 0 Å². The van der Waals surface area contributed by atoms with Crippen molar-refractivity contribution in [2.75, 3.05) is 51.6 Å². The molecule has 3 aliphatic heterocycles. The highest BCUT2D eigenvalue weighted by Crippen LogP contribution is 2.35. The van der Waals surface area contributed by atoms with Crippen molar-refractivity contribution in [3.05, 3.63) is 87.7 Å². The molecule has 0 spiro atoms. The van der Waals surface area contributed by atoms with Crippen LogP contribution in [0.25, 0.3) is 11.6 Å². The molecular weight excluding hydrogens is 564 g/mol. The Morgan fingerprint density at radius 3 is 2.40 bits per heavy atom. The van der Waals surface area contributed by atoms with Crippen molar-refractivity contribution in [3.8, 4) is 0 Å². The number of likely N-dealkylation sites (tertiary alicyclic amines) is 1. The van der Waals surface area contributed by atoms with Gasteiger partial charge in [-0.15, -0.1) is 0 Å². The summed E-state index contributed by atoms with van der Waals surface area (Å²) in [4.78, 5) is 50.5. The summed E-state index contributed by atoms with van der Waals surface area (Å²) in [5.74, 6) is -0.381. The summed E-state index contributed by atoms with van der Waals surface area (Å²) >= 11 is 0. The van der Waals surface area contributed by atoms with Gasteiger partial charge >= 0.3 is 0 Å². The Morgan fingerprint density at radius 2 is 1.71 bits per heavy atom. The number of likely N-dealkylation sites (N-methyl/N-ethyl adjacent to an activating group) is 1. The topological polar surface area (TPSA) is 101 Å². The second kappa shape index (κ2) is 13.0. The molecule has 0 bridgehead atoms. The fourth-order valence-electron chi connectivity index (χ4n) is 6.98. The van der Waals surface area contributed by atoms with Crippen molar-refractivity contribution >= 4 is 35.1 Å². The molecule has 9 heteroatoms. The minimum atomic E-state index is -0.233. The Hall–Kier alpha value is -4.21. The number of hydrogen-bond donors (Lipinski definition) is 3. The molecule has 0 aliphatic carbocycles. The number of piperidine rings is 1. The second-order valence-electron chi connectivity index (χ2n) is 12.6. The summed E-state index contributed by atoms with van der Waals surface area (Å²) < 4.78 is 0. The van der Waals surface area contributed by atoms with Gasteiger partial charge in [0.05, 0.1) is 17.2 Å². The quantitative estimate of drug-likeness (QED) is 0.333. The molecule has 0 radical (unpaired) electrons. The van der Waals surface area contributed by atoms with Crippen LogP contribution in [0.15, 0.2) is 48.5 Å². The van der Waals surface area contributed by atoms with Gasteiger partial charge in [-0.2, -0.15) is 0 Å². The third-order valence-corrected chi connectivity index (χ3v) is 9.76. The number of hydrogen-bond acceptors (Lipinski definition) is 5. The number of aryl methyl sites for hydroxylation is 1. The van der Waals surface area contributed by atoms with E-state index in [2.05, 4.69) is 32.5 Å². The van der Waals surface area contributed by atoms with Crippen LogP contribution in [0.3, 0.4) is 0 Å². The van der Waals surface area contributed by atoms with E-state index in [0.29, 0.717) is 34.0 Å². The number of carbonyl (C=O) groups is 3. The number of anilines is 1. The Labute approximate surface area is 265 Å². The van der Waals surface area contributed by atoms with E-state index in [0.717, 1.165) is 81.0 Å². The number of nitrogens with one attached hydrogen (secondary N) is 3. The lowest BCUT2D eigenvalue weighted by Gasteiger charge is -2.42. The number of aromatic amines is 1. The van der Waals surface area contributed by atoms with Crippen molar-refractivity contribution in [3.63, 3.8) is 0 Å². The lowest BCUT2D eigenvalue weighted by molar-refractivity contribution is -0.110. The minimum absolute atomic E-state index is 0.0434. The molecule has 9 nitrogen and oxygen atoms in total. The summed E-state index contributed by atoms with van der Waals surface area (Å²) in [6.07, 6.45) is 4.55. The van der Waals surface area contributed by atoms with Crippen LogP contribution in [-0.2, 0) is 4.79 Å². The van der Waals surface area contributed by atoms with Gasteiger partial charge in [0.15, 0.2) is 0 Å². The third kappa shape index (κ3) is 6.32. The summed E-state index contributed by atoms with van der Waals surface area (Å²) in [7, 11) is 2.17. The number of H-pyrrole nitrogens is 1. The first-order chi connectivity index (χ1) is 21.7. The molecule has 3 aromatic rings. The van der Waals surface area contributed by atoms with Crippen molar-refractivity contribution in [1.82, 2.24) is 25.0 Å². The molecule has 4 heterocycles. The SMILES string of the molecule is CC[C@@H](NC(=O)c1ccc2c(c1)/C(=C/c1[nH]c(C)c(C(=O)N3CCC(N4CCN(C)CC4)CC3)c1C)C(=O)N2)c1ccccc1. The molecule has 2 saturated heterocycles. The average Bonchev–Trinajstić information content (AvgIpc) is 3.52. The monoisotopic (exact) mass is 608 g/mol. The number of piperazine rings is 1. The molecule has 0 saturated carbocycles. The van der Waals surface area contributed by atoms with E-state index in [4.69, 9.17) is 0 Å². The molecule has 236 valence electrons. The highest BCUT2D eigenvalue weighted by atomic mass is 16.2. The van der Waals surface area contributed by atoms with Gasteiger partial charge in [-0.1, -0.05) is 37.3 Å². The summed E-state index contributed by atoms with van der Waals surface area (Å²) in [5.41, 5.74) is 6.37. The van der Waals surface area contributed by atoms with Crippen LogP contribution < -0.4 is 10.6 Å². The molecule has 3 aliphatic rings. The van der Waals surface area contributed by atoms with Crippen molar-refractivity contribution < 1.29 is 14.4 Å². The number of nitrogens with zero attached hydrogens (tertiary/aromatic N) is 3. The molecule has 6 rings (SSSR count). The first-order valence-corrected chi connectivity index (χ1v) is 16.2. The maximum Gasteiger partial charge on any atom is 0.256 e. The predicted octanol–water partition coefficient (Wildman–Crippen LogP) is 4.86. The minimum Gasteiger partial charge on any atom is -0.358 e. The van der Waals surface area contributed by atoms with Crippen LogP contribution >= 0.6 is 0 Å². The number of amides is 3. The van der Waals surface area contributed by atoms with Gasteiger partial charge in [0.2, 0.25) is 0 Å². The fourth-order valence-corrected chi connectivity index (χ4v) is 6.98. The van der Waals surface area contributed by atoms with Crippen LogP contribution in [-0.4, -0.2) is 89.8 Å². The van der Waals surface area contributed by atoms with E-state index in [1.54, 1.807) is 24.3 Å². The average molecular weight is 609 g/mol. The Balaban J connectivity index is 1.18. The summed E-state index contributed by atoms with van der Waals surface area (Å²) in [6.45, 7) is 11.8. The predicted molar refractivity (Wildman–Crippen MR) is 178 cm³/mol. The smallest absolute Gasteiger partial charge is 0.256 e. The van der Waals surface area contributed by atoms with Crippen LogP contribution in [0.5, 0.6) is 0 Å². The Kier molecular flexibility index (Phi) is 8.92. The lowest BCUT2D eigenvalue weighted by atomic mass is 9.99. The standard InChI is InChI=1S/C36H44N6O3/c1-5-30(25-9-7-6-8-10-25)38-34(43)26-11-12-31-28(21-26)29(35(44)39-31)22-32-23(2)33(24(3)37-32)36(45)42-15-13-27(14-16-42)41-19-17-40(4)18-20-41/h6-12,21-22,27,30,37H,5,13-20H2,1-4H3,(H,38,43)(H,39,44)/b29-22-/t30-/m1/s1. The van der Waals surface area contributed by atoms with Gasteiger partial charge in [-0.25, -0.2) is 0 Å². The summed E-state index contributed by atoms with van der Waals surface area (Å²) in [6, 6.07) is 15.6. The van der Waals surface area contributed by atoms with Gasteiger partial charge in [0.25, 0.3) is 17.7 Å². The molecule has 1 aromatic heterocycles. The van der Waals surface area contributed by atoms with Gasteiger partial charge in [-0.3, -0.25) is 19.3 Å². The van der Waals surface area contributed by atoms with E-state index >= 15 is 0 Å². The van der Waals surface area contributed by atoms with Crippen molar-refractivity contribution in [1.29, 1.82) is 0 Å². The number of fused-ring (bicyclic) bond motifs is 1. The second-order valence-corrected chi connectivity index (χ2v) is 12.6. The van der Waals surface area contributed by atoms with Crippen molar-refractivity contribution in [2.45, 2.75) is 52.1 Å². The van der Waals surface area contributed by atoms with Crippen molar-refractivity contribution in [2.24, 2.45) is 0 Å². The molecule has 3 amide bonds. The zero-order valence-corrected chi connectivity index (χ0v) is 26.8. The highest BCUT2D eigenvalue weighted by Gasteiger charge is 2.31. The third-order valence-electron chi connectivity index (χ3n) is 9.76. The number of benzene rings is 2. The zero-order valence-electron chi connectivity index (χ0n) is 26.8. The number of rotatable bonds is 7. The summed E-state index contributed by atoms with van der Waals surface area (Å²) in [5, 5.41) is 6.06. The van der Waals surface area contributed by atoms with Gasteiger partial charge in [0, 0.05) is 73.5 Å². The first kappa shape index (κ1) is 30.8. The largest absolute Gasteiger partial charge is 0.358 e. The van der Waals surface area contributed by atoms with E-state index in [-0.39, 0.29) is 23.8 Å². The molecule has 45 heavy (non-hydrogen) atoms. The van der Waals surface area contributed by atoms with Gasteiger partial charge in [-0.05, 0) is 75.6 Å². The normalized spacial score (nSPS) is 19.4. The van der Waals surface area contributed by atoms with Crippen LogP contribution in [0.4, 0.5) is 5.69 Å². The molecular formula is C36H44N6O3. The maximum atomic E-state index is 13.8. The van der Waals surface area contributed by atoms with Crippen LogP contribution in [0.2, 0.25) is 0 Å². The molecule has 0 unspecified atom stereocenters. The van der Waals surface area contributed by atoms with Gasteiger partial charge < -0.3 is 25.4 Å². The van der Waals surface area contributed by atoms with E-state index in [1.807, 2.05) is 56.0 Å². The highest BCUT2D eigenvalue weighted by molar-refractivity contribution is 6.35. The lowest BCUT2D eigenvalue weighted by Crippen LogP contribution is -2.53. The molecule has 1 atom stereocenters. The molecule has 3 N–H and O–H groups in total. The molecule has 2 fully saturated rings. The number of aromatic nitrogens is 1. The zero-order chi connectivity index (χ0) is 31.7. The van der Waals surface area contributed by atoms with E-state index in [9.17, 15) is 14.4 Å². The Bertz CT molecular complexity index is 1610.